The molecular weight excluding hydrogens is 222 g/mol. The quantitative estimate of drug-likeness (QED) is 0.164. The predicted octanol–water partition coefficient (Wildman–Crippen LogP) is -1.25. The highest BCUT2D eigenvalue weighted by Gasteiger charge is 2.06. The van der Waals surface area contributed by atoms with Crippen LogP contribution in [0.4, 0.5) is 0 Å². The van der Waals surface area contributed by atoms with Crippen LogP contribution in [0.3, 0.4) is 0 Å². The summed E-state index contributed by atoms with van der Waals surface area (Å²) < 4.78 is 0. The highest BCUT2D eigenvalue weighted by atomic mass is 16.3. The monoisotopic (exact) mass is 239 g/mol. The van der Waals surface area contributed by atoms with Crippen LogP contribution in [0.15, 0.2) is 23.2 Å². The van der Waals surface area contributed by atoms with Gasteiger partial charge in [0.25, 0.3) is 0 Å². The average Bonchev–Trinajstić information content (AvgIpc) is 2.23. The molecule has 94 valence electrons. The van der Waals surface area contributed by atoms with Gasteiger partial charge in [-0.25, -0.2) is 4.99 Å². The third-order valence-electron chi connectivity index (χ3n) is 2.13. The number of benzene rings is 1. The number of hydrogen-bond donors (Lipinski definition) is 6. The fourth-order valence-corrected chi connectivity index (χ4v) is 1.34. The minimum absolute atomic E-state index is 0.0924. The number of para-hydroxylation sites is 1. The summed E-state index contributed by atoms with van der Waals surface area (Å²) in [5.74, 6) is -0.356. The molecule has 0 saturated carbocycles. The molecule has 0 radical (unpaired) electrons. The molecule has 9 N–H and O–H groups in total. The molecule has 0 aromatic heterocycles. The van der Waals surface area contributed by atoms with E-state index in [2.05, 4.69) is 10.3 Å². The number of aliphatic imine (C=N–C) groups is 1. The molecule has 0 bridgehead atoms. The average molecular weight is 239 g/mol. The van der Waals surface area contributed by atoms with Gasteiger partial charge >= 0.3 is 0 Å². The lowest BCUT2D eigenvalue weighted by Gasteiger charge is -2.10. The van der Waals surface area contributed by atoms with Crippen molar-refractivity contribution in [3.63, 3.8) is 0 Å². The van der Waals surface area contributed by atoms with E-state index >= 15 is 0 Å². The topological polar surface area (TPSA) is 143 Å². The van der Waals surface area contributed by atoms with Gasteiger partial charge in [-0.15, -0.1) is 0 Å². The molecule has 1 unspecified atom stereocenters. The summed E-state index contributed by atoms with van der Waals surface area (Å²) in [4.78, 5) is 3.68. The van der Waals surface area contributed by atoms with Crippen molar-refractivity contribution in [2.75, 3.05) is 6.54 Å². The molecule has 0 aliphatic carbocycles. The number of rotatable bonds is 5. The fourth-order valence-electron chi connectivity index (χ4n) is 1.34. The van der Waals surface area contributed by atoms with Crippen molar-refractivity contribution < 1.29 is 10.2 Å². The van der Waals surface area contributed by atoms with Gasteiger partial charge in [0, 0.05) is 6.54 Å². The van der Waals surface area contributed by atoms with Gasteiger partial charge in [0.05, 0.1) is 0 Å². The Morgan fingerprint density at radius 3 is 2.71 bits per heavy atom. The van der Waals surface area contributed by atoms with Crippen LogP contribution >= 0.6 is 0 Å². The Hall–Kier alpha value is -1.99. The standard InChI is InChI=1S/C10H17N5O2/c11-9(12)15-10(13)14-5-4-6-2-1-3-7(16)8(6)17/h1-3,10,14,16-17H,4-5,13H2,(H4,11,12,15). The van der Waals surface area contributed by atoms with E-state index in [0.717, 1.165) is 0 Å². The summed E-state index contributed by atoms with van der Waals surface area (Å²) in [6.07, 6.45) is -0.187. The lowest BCUT2D eigenvalue weighted by atomic mass is 10.1. The first-order valence-corrected chi connectivity index (χ1v) is 5.08. The molecule has 17 heavy (non-hydrogen) atoms. The van der Waals surface area contributed by atoms with Crippen LogP contribution in [0.5, 0.6) is 11.5 Å². The zero-order valence-corrected chi connectivity index (χ0v) is 9.30. The van der Waals surface area contributed by atoms with Crippen molar-refractivity contribution in [2.45, 2.75) is 12.7 Å². The van der Waals surface area contributed by atoms with Crippen LogP contribution in [0.2, 0.25) is 0 Å². The molecule has 0 amide bonds. The Balaban J connectivity index is 2.46. The van der Waals surface area contributed by atoms with Crippen LogP contribution in [-0.2, 0) is 6.42 Å². The fraction of sp³-hybridized carbons (Fsp3) is 0.300. The van der Waals surface area contributed by atoms with E-state index < -0.39 is 6.29 Å². The van der Waals surface area contributed by atoms with Crippen LogP contribution in [0.25, 0.3) is 0 Å². The zero-order chi connectivity index (χ0) is 12.8. The van der Waals surface area contributed by atoms with E-state index in [-0.39, 0.29) is 17.5 Å². The zero-order valence-electron chi connectivity index (χ0n) is 9.30. The third-order valence-corrected chi connectivity index (χ3v) is 2.13. The highest BCUT2D eigenvalue weighted by molar-refractivity contribution is 5.75. The number of aromatic hydroxyl groups is 2. The van der Waals surface area contributed by atoms with Gasteiger partial charge in [0.15, 0.2) is 23.7 Å². The summed E-state index contributed by atoms with van der Waals surface area (Å²) in [6.45, 7) is 0.467. The van der Waals surface area contributed by atoms with E-state index in [0.29, 0.717) is 18.5 Å². The minimum Gasteiger partial charge on any atom is -0.504 e. The van der Waals surface area contributed by atoms with Gasteiger partial charge in [-0.3, -0.25) is 11.1 Å². The number of hydrogen-bond acceptors (Lipinski definition) is 5. The Kier molecular flexibility index (Phi) is 4.56. The Bertz CT molecular complexity index is 404. The molecular formula is C10H17N5O2. The van der Waals surface area contributed by atoms with Crippen LogP contribution in [0, 0.1) is 0 Å². The number of phenols is 2. The molecule has 0 aliphatic rings. The Morgan fingerprint density at radius 1 is 1.35 bits per heavy atom. The molecule has 1 rings (SSSR count). The molecule has 0 heterocycles. The van der Waals surface area contributed by atoms with E-state index in [1.165, 1.54) is 6.07 Å². The molecule has 7 nitrogen and oxygen atoms in total. The van der Waals surface area contributed by atoms with Crippen LogP contribution in [0.1, 0.15) is 5.56 Å². The molecule has 0 spiro atoms. The van der Waals surface area contributed by atoms with E-state index in [9.17, 15) is 10.2 Å². The maximum absolute atomic E-state index is 9.53. The normalized spacial score (nSPS) is 12.1. The maximum Gasteiger partial charge on any atom is 0.188 e. The van der Waals surface area contributed by atoms with Crippen LogP contribution in [-0.4, -0.2) is 29.0 Å². The first-order chi connectivity index (χ1) is 8.00. The second kappa shape index (κ2) is 5.92. The van der Waals surface area contributed by atoms with E-state index in [1.807, 2.05) is 0 Å². The first-order valence-electron chi connectivity index (χ1n) is 5.08. The van der Waals surface area contributed by atoms with Crippen molar-refractivity contribution in [2.24, 2.45) is 22.2 Å². The second-order valence-corrected chi connectivity index (χ2v) is 3.49. The Morgan fingerprint density at radius 2 is 2.06 bits per heavy atom. The molecule has 0 aliphatic heterocycles. The predicted molar refractivity (Wildman–Crippen MR) is 65.3 cm³/mol. The molecule has 1 atom stereocenters. The molecule has 7 heteroatoms. The first kappa shape index (κ1) is 13.1. The van der Waals surface area contributed by atoms with Crippen molar-refractivity contribution in [1.82, 2.24) is 5.32 Å². The van der Waals surface area contributed by atoms with E-state index in [4.69, 9.17) is 17.2 Å². The van der Waals surface area contributed by atoms with Gasteiger partial charge in [-0.05, 0) is 18.1 Å². The molecule has 1 aromatic rings. The lowest BCUT2D eigenvalue weighted by molar-refractivity contribution is 0.398. The van der Waals surface area contributed by atoms with Crippen LogP contribution < -0.4 is 22.5 Å². The Labute approximate surface area is 98.9 Å². The number of guanidine groups is 1. The summed E-state index contributed by atoms with van der Waals surface area (Å²) >= 11 is 0. The van der Waals surface area contributed by atoms with Crippen molar-refractivity contribution in [3.05, 3.63) is 23.8 Å². The minimum atomic E-state index is -0.681. The number of nitrogens with zero attached hydrogens (tertiary/aromatic N) is 1. The van der Waals surface area contributed by atoms with E-state index in [1.54, 1.807) is 12.1 Å². The number of nitrogens with one attached hydrogen (secondary N) is 1. The largest absolute Gasteiger partial charge is 0.504 e. The number of nitrogens with two attached hydrogens (primary N) is 3. The smallest absolute Gasteiger partial charge is 0.188 e. The molecule has 1 aromatic carbocycles. The second-order valence-electron chi connectivity index (χ2n) is 3.49. The third kappa shape index (κ3) is 4.17. The van der Waals surface area contributed by atoms with Crippen molar-refractivity contribution in [3.8, 4) is 11.5 Å². The van der Waals surface area contributed by atoms with Crippen molar-refractivity contribution in [1.29, 1.82) is 0 Å². The number of phenolic OH excluding ortho intramolecular Hbond substituents is 2. The molecule has 0 saturated heterocycles. The summed E-state index contributed by atoms with van der Waals surface area (Å²) in [7, 11) is 0. The summed E-state index contributed by atoms with van der Waals surface area (Å²) in [5, 5.41) is 21.7. The summed E-state index contributed by atoms with van der Waals surface area (Å²) in [6, 6.07) is 4.78. The van der Waals surface area contributed by atoms with Gasteiger partial charge in [-0.2, -0.15) is 0 Å². The van der Waals surface area contributed by atoms with Gasteiger partial charge in [0.1, 0.15) is 0 Å². The highest BCUT2D eigenvalue weighted by Crippen LogP contribution is 2.28. The summed E-state index contributed by atoms with van der Waals surface area (Å²) in [5.41, 5.74) is 16.5. The van der Waals surface area contributed by atoms with Gasteiger partial charge in [0.2, 0.25) is 0 Å². The molecule has 0 fully saturated rings. The lowest BCUT2D eigenvalue weighted by Crippen LogP contribution is -2.40. The van der Waals surface area contributed by atoms with Crippen molar-refractivity contribution >= 4 is 5.96 Å². The maximum atomic E-state index is 9.53. The SMILES string of the molecule is NC(N)=NC(N)NCCc1cccc(O)c1O. The van der Waals surface area contributed by atoms with Gasteiger partial charge < -0.3 is 21.7 Å². The van der Waals surface area contributed by atoms with Gasteiger partial charge in [-0.1, -0.05) is 12.1 Å².